The normalized spacial score (nSPS) is 16.5. The first kappa shape index (κ1) is 36.1. The number of rotatable bonds is 17. The van der Waals surface area contributed by atoms with Crippen LogP contribution in [0.2, 0.25) is 0 Å². The Bertz CT molecular complexity index is 1610. The van der Waals surface area contributed by atoms with Gasteiger partial charge in [-0.15, -0.1) is 0 Å². The van der Waals surface area contributed by atoms with Gasteiger partial charge in [-0.2, -0.15) is 0 Å². The molecule has 4 atom stereocenters. The molecular weight excluding hydrogens is 628 g/mol. The number of ether oxygens (including phenoxy) is 1. The molecule has 0 bridgehead atoms. The van der Waals surface area contributed by atoms with Crippen molar-refractivity contribution in [1.82, 2.24) is 10.0 Å². The van der Waals surface area contributed by atoms with Gasteiger partial charge >= 0.3 is 0 Å². The Morgan fingerprint density at radius 2 is 1.74 bits per heavy atom. The highest BCUT2D eigenvalue weighted by atomic mass is 32.2. The van der Waals surface area contributed by atoms with Crippen molar-refractivity contribution < 1.29 is 31.8 Å². The van der Waals surface area contributed by atoms with E-state index in [0.29, 0.717) is 37.2 Å². The summed E-state index contributed by atoms with van der Waals surface area (Å²) in [6.45, 7) is 2.96. The van der Waals surface area contributed by atoms with Crippen molar-refractivity contribution in [2.75, 3.05) is 26.3 Å². The summed E-state index contributed by atoms with van der Waals surface area (Å²) < 4.78 is 63.7. The Morgan fingerprint density at radius 1 is 1.04 bits per heavy atom. The number of carbonyl (C=O) groups is 1. The van der Waals surface area contributed by atoms with Crippen LogP contribution in [0.5, 0.6) is 0 Å². The van der Waals surface area contributed by atoms with Crippen LogP contribution in [0.15, 0.2) is 82.8 Å². The van der Waals surface area contributed by atoms with Crippen molar-refractivity contribution in [2.24, 2.45) is 11.0 Å². The number of benzene rings is 3. The topological polar surface area (TPSA) is 153 Å². The van der Waals surface area contributed by atoms with Crippen LogP contribution in [-0.4, -0.2) is 63.8 Å². The molecule has 0 unspecified atom stereocenters. The van der Waals surface area contributed by atoms with E-state index in [1.807, 2.05) is 0 Å². The molecule has 0 aromatic heterocycles. The molecular formula is C34H41F2N5O5S. The summed E-state index contributed by atoms with van der Waals surface area (Å²) in [5.41, 5.74) is 10.8. The van der Waals surface area contributed by atoms with Crippen LogP contribution >= 0.6 is 0 Å². The van der Waals surface area contributed by atoms with Gasteiger partial charge in [0.05, 0.1) is 11.0 Å². The highest BCUT2D eigenvalue weighted by molar-refractivity contribution is 7.89. The summed E-state index contributed by atoms with van der Waals surface area (Å²) in [7, 11) is -3.90. The van der Waals surface area contributed by atoms with Crippen LogP contribution in [0.25, 0.3) is 10.4 Å². The minimum atomic E-state index is -3.90. The van der Waals surface area contributed by atoms with Crippen LogP contribution in [0.1, 0.15) is 48.8 Å². The second kappa shape index (κ2) is 17.4. The number of hydrogen-bond donors (Lipinski definition) is 3. The SMILES string of the molecule is C[C@@H](O)CNC[C@H](CCc1c(F)cccc1CC(=O)[C@@H](N=[N+]=[N-])[C@@H](c1ccc(F)cc1)C1CCOCC1)NS(=O)(=O)c1ccccc1. The molecule has 1 aliphatic heterocycles. The maximum absolute atomic E-state index is 15.4. The van der Waals surface area contributed by atoms with Gasteiger partial charge in [0.1, 0.15) is 23.5 Å². The molecule has 3 N–H and O–H groups in total. The van der Waals surface area contributed by atoms with E-state index >= 15 is 4.39 Å². The predicted molar refractivity (Wildman–Crippen MR) is 174 cm³/mol. The standard InChI is InChI=1S/C34H41F2N5O5S/c1-23(42)21-38-22-28(40-47(44,45)29-7-3-2-4-8-29)14-15-30-26(6-5-9-31(30)36)20-32(43)34(39-41-37)33(25-16-18-46-19-17-25)24-10-12-27(35)13-11-24/h2-13,23,25,28,33-34,38,40,42H,14-22H2,1H3/t23-,28+,33+,34-/m1/s1. The molecule has 3 aromatic carbocycles. The van der Waals surface area contributed by atoms with Crippen molar-refractivity contribution in [1.29, 1.82) is 0 Å². The first-order valence-electron chi connectivity index (χ1n) is 15.7. The Hall–Kier alpha value is -3.71. The lowest BCUT2D eigenvalue weighted by Crippen LogP contribution is -2.43. The number of nitrogens with zero attached hydrogens (tertiary/aromatic N) is 3. The molecule has 1 fully saturated rings. The van der Waals surface area contributed by atoms with Crippen molar-refractivity contribution in [3.8, 4) is 0 Å². The maximum atomic E-state index is 15.4. The van der Waals surface area contributed by atoms with E-state index in [1.165, 1.54) is 36.4 Å². The van der Waals surface area contributed by atoms with Crippen LogP contribution in [-0.2, 0) is 32.4 Å². The number of Topliss-reactive ketones (excluding diaryl/α,β-unsaturated/α-hetero) is 1. The molecule has 4 rings (SSSR count). The summed E-state index contributed by atoms with van der Waals surface area (Å²) in [6.07, 6.45) is 0.651. The zero-order valence-corrected chi connectivity index (χ0v) is 27.1. The van der Waals surface area contributed by atoms with Crippen molar-refractivity contribution in [2.45, 2.75) is 68.0 Å². The van der Waals surface area contributed by atoms with E-state index in [1.54, 1.807) is 43.3 Å². The third-order valence-corrected chi connectivity index (χ3v) is 9.94. The molecule has 10 nitrogen and oxygen atoms in total. The molecule has 1 saturated heterocycles. The molecule has 3 aromatic rings. The fourth-order valence-corrected chi connectivity index (χ4v) is 7.37. The van der Waals surface area contributed by atoms with Gasteiger partial charge in [-0.3, -0.25) is 4.79 Å². The van der Waals surface area contributed by atoms with Crippen molar-refractivity contribution in [3.05, 3.63) is 112 Å². The van der Waals surface area contributed by atoms with E-state index in [2.05, 4.69) is 20.1 Å². The average Bonchev–Trinajstić information content (AvgIpc) is 3.05. The maximum Gasteiger partial charge on any atom is 0.240 e. The van der Waals surface area contributed by atoms with Gasteiger partial charge in [0.2, 0.25) is 10.0 Å². The number of aliphatic hydroxyl groups excluding tert-OH is 1. The third kappa shape index (κ3) is 10.4. The van der Waals surface area contributed by atoms with Gasteiger partial charge in [0.15, 0.2) is 0 Å². The lowest BCUT2D eigenvalue weighted by atomic mass is 9.75. The Kier molecular flexibility index (Phi) is 13.4. The molecule has 0 spiro atoms. The van der Waals surface area contributed by atoms with Crippen LogP contribution in [0, 0.1) is 17.6 Å². The lowest BCUT2D eigenvalue weighted by Gasteiger charge is -2.34. The third-order valence-electron chi connectivity index (χ3n) is 8.40. The number of azide groups is 1. The molecule has 47 heavy (non-hydrogen) atoms. The molecule has 252 valence electrons. The monoisotopic (exact) mass is 669 g/mol. The number of nitrogens with one attached hydrogen (secondary N) is 2. The first-order chi connectivity index (χ1) is 22.6. The molecule has 0 aliphatic carbocycles. The van der Waals surface area contributed by atoms with E-state index in [4.69, 9.17) is 4.74 Å². The highest BCUT2D eigenvalue weighted by Crippen LogP contribution is 2.37. The molecule has 0 radical (unpaired) electrons. The summed E-state index contributed by atoms with van der Waals surface area (Å²) in [4.78, 5) is 17.0. The largest absolute Gasteiger partial charge is 0.392 e. The number of hydrogen-bond acceptors (Lipinski definition) is 7. The van der Waals surface area contributed by atoms with Crippen molar-refractivity contribution in [3.63, 3.8) is 0 Å². The number of halogens is 2. The van der Waals surface area contributed by atoms with Gasteiger partial charge < -0.3 is 15.2 Å². The average molecular weight is 670 g/mol. The minimum Gasteiger partial charge on any atom is -0.392 e. The van der Waals surface area contributed by atoms with Gasteiger partial charge in [-0.1, -0.05) is 47.6 Å². The van der Waals surface area contributed by atoms with Crippen LogP contribution < -0.4 is 10.0 Å². The smallest absolute Gasteiger partial charge is 0.240 e. The van der Waals surface area contributed by atoms with Crippen LogP contribution in [0.4, 0.5) is 8.78 Å². The predicted octanol–water partition coefficient (Wildman–Crippen LogP) is 5.22. The number of sulfonamides is 1. The number of carbonyl (C=O) groups excluding carboxylic acids is 1. The lowest BCUT2D eigenvalue weighted by molar-refractivity contribution is -0.120. The summed E-state index contributed by atoms with van der Waals surface area (Å²) in [5.74, 6) is -1.97. The van der Waals surface area contributed by atoms with Gasteiger partial charge in [-0.25, -0.2) is 21.9 Å². The van der Waals surface area contributed by atoms with Gasteiger partial charge in [-0.05, 0) is 91.1 Å². The molecule has 0 amide bonds. The molecule has 0 saturated carbocycles. The zero-order valence-electron chi connectivity index (χ0n) is 26.3. The summed E-state index contributed by atoms with van der Waals surface area (Å²) >= 11 is 0. The molecule has 13 heteroatoms. The second-order valence-electron chi connectivity index (χ2n) is 11.9. The Morgan fingerprint density at radius 3 is 2.40 bits per heavy atom. The van der Waals surface area contributed by atoms with E-state index in [-0.39, 0.29) is 48.7 Å². The summed E-state index contributed by atoms with van der Waals surface area (Å²) in [6, 6.07) is 16.3. The second-order valence-corrected chi connectivity index (χ2v) is 13.6. The van der Waals surface area contributed by atoms with Gasteiger partial charge in [0.25, 0.3) is 0 Å². The van der Waals surface area contributed by atoms with Crippen molar-refractivity contribution >= 4 is 15.8 Å². The fourth-order valence-electron chi connectivity index (χ4n) is 6.08. The molecule has 1 heterocycles. The van der Waals surface area contributed by atoms with E-state index in [0.717, 1.165) is 0 Å². The van der Waals surface area contributed by atoms with E-state index < -0.39 is 51.5 Å². The highest BCUT2D eigenvalue weighted by Gasteiger charge is 2.36. The van der Waals surface area contributed by atoms with Crippen LogP contribution in [0.3, 0.4) is 0 Å². The number of ketones is 1. The first-order valence-corrected chi connectivity index (χ1v) is 17.2. The Balaban J connectivity index is 1.58. The van der Waals surface area contributed by atoms with E-state index in [9.17, 15) is 28.2 Å². The quantitative estimate of drug-likeness (QED) is 0.102. The minimum absolute atomic E-state index is 0.0619. The zero-order chi connectivity index (χ0) is 33.8. The Labute approximate surface area is 274 Å². The molecule has 1 aliphatic rings. The fraction of sp³-hybridized carbons (Fsp3) is 0.441. The summed E-state index contributed by atoms with van der Waals surface area (Å²) in [5, 5.41) is 16.7. The number of aliphatic hydroxyl groups is 1. The van der Waals surface area contributed by atoms with Gasteiger partial charge in [0, 0.05) is 49.6 Å².